The van der Waals surface area contributed by atoms with Crippen molar-refractivity contribution in [2.75, 3.05) is 0 Å². The van der Waals surface area contributed by atoms with Crippen LogP contribution in [0, 0.1) is 13.8 Å². The molecule has 4 heteroatoms. The van der Waals surface area contributed by atoms with Crippen molar-refractivity contribution in [2.24, 2.45) is 5.73 Å². The molecule has 1 heterocycles. The molecule has 1 rings (SSSR count). The highest BCUT2D eigenvalue weighted by atomic mass is 32.2. The summed E-state index contributed by atoms with van der Waals surface area (Å²) in [4.78, 5) is 8.71. The second-order valence-electron chi connectivity index (χ2n) is 3.62. The highest BCUT2D eigenvalue weighted by Gasteiger charge is 2.11. The first kappa shape index (κ1) is 11.5. The van der Waals surface area contributed by atoms with E-state index in [4.69, 9.17) is 5.73 Å². The van der Waals surface area contributed by atoms with E-state index in [1.54, 1.807) is 11.8 Å². The average molecular weight is 211 g/mol. The second kappa shape index (κ2) is 4.75. The van der Waals surface area contributed by atoms with Gasteiger partial charge in [-0.1, -0.05) is 18.7 Å². The molecule has 0 radical (unpaired) electrons. The first-order chi connectivity index (χ1) is 6.49. The summed E-state index contributed by atoms with van der Waals surface area (Å²) in [7, 11) is 0. The maximum Gasteiger partial charge on any atom is 0.188 e. The fraction of sp³-hybridized carbons (Fsp3) is 0.600. The zero-order valence-corrected chi connectivity index (χ0v) is 9.93. The van der Waals surface area contributed by atoms with Gasteiger partial charge in [0, 0.05) is 22.7 Å². The molecule has 0 aromatic carbocycles. The molecule has 0 aliphatic rings. The molecule has 0 amide bonds. The molecule has 2 atom stereocenters. The van der Waals surface area contributed by atoms with Crippen molar-refractivity contribution in [2.45, 2.75) is 44.1 Å². The third-order valence-corrected chi connectivity index (χ3v) is 3.19. The Hall–Kier alpha value is -0.610. The van der Waals surface area contributed by atoms with Crippen LogP contribution < -0.4 is 5.73 Å². The second-order valence-corrected chi connectivity index (χ2v) is 4.96. The van der Waals surface area contributed by atoms with Gasteiger partial charge in [0.05, 0.1) is 0 Å². The maximum atomic E-state index is 5.78. The van der Waals surface area contributed by atoms with E-state index in [1.165, 1.54) is 0 Å². The Morgan fingerprint density at radius 3 is 2.14 bits per heavy atom. The van der Waals surface area contributed by atoms with Crippen LogP contribution in [0.4, 0.5) is 0 Å². The number of aromatic nitrogens is 2. The number of thioether (sulfide) groups is 1. The largest absolute Gasteiger partial charge is 0.327 e. The fourth-order valence-electron chi connectivity index (χ4n) is 1.02. The third-order valence-electron chi connectivity index (χ3n) is 1.99. The number of rotatable bonds is 3. The lowest BCUT2D eigenvalue weighted by atomic mass is 10.3. The Morgan fingerprint density at radius 2 is 1.71 bits per heavy atom. The van der Waals surface area contributed by atoms with Crippen LogP contribution in [0.25, 0.3) is 0 Å². The molecule has 2 N–H and O–H groups in total. The van der Waals surface area contributed by atoms with Gasteiger partial charge < -0.3 is 5.73 Å². The van der Waals surface area contributed by atoms with E-state index in [9.17, 15) is 0 Å². The summed E-state index contributed by atoms with van der Waals surface area (Å²) in [6.45, 7) is 8.06. The van der Waals surface area contributed by atoms with Gasteiger partial charge in [-0.05, 0) is 26.8 Å². The van der Waals surface area contributed by atoms with E-state index >= 15 is 0 Å². The quantitative estimate of drug-likeness (QED) is 0.613. The van der Waals surface area contributed by atoms with Crippen molar-refractivity contribution in [1.29, 1.82) is 0 Å². The molecular weight excluding hydrogens is 194 g/mol. The van der Waals surface area contributed by atoms with Crippen LogP contribution in [-0.4, -0.2) is 21.3 Å². The predicted molar refractivity (Wildman–Crippen MR) is 60.5 cm³/mol. The van der Waals surface area contributed by atoms with Crippen LogP contribution >= 0.6 is 11.8 Å². The zero-order valence-electron chi connectivity index (χ0n) is 9.11. The molecule has 0 bridgehead atoms. The Bertz CT molecular complexity index is 292. The number of nitrogens with two attached hydrogens (primary N) is 1. The average Bonchev–Trinajstić information content (AvgIpc) is 2.01. The first-order valence-corrected chi connectivity index (χ1v) is 5.61. The van der Waals surface area contributed by atoms with Gasteiger partial charge in [0.1, 0.15) is 0 Å². The molecule has 0 aliphatic heterocycles. The summed E-state index contributed by atoms with van der Waals surface area (Å²) in [5.41, 5.74) is 7.81. The van der Waals surface area contributed by atoms with Gasteiger partial charge in [-0.25, -0.2) is 9.97 Å². The van der Waals surface area contributed by atoms with Gasteiger partial charge in [-0.2, -0.15) is 0 Å². The van der Waals surface area contributed by atoms with Crippen molar-refractivity contribution < 1.29 is 0 Å². The topological polar surface area (TPSA) is 51.8 Å². The Balaban J connectivity index is 2.76. The minimum absolute atomic E-state index is 0.157. The van der Waals surface area contributed by atoms with E-state index in [-0.39, 0.29) is 6.04 Å². The molecular formula is C10H17N3S. The lowest BCUT2D eigenvalue weighted by Gasteiger charge is -2.13. The van der Waals surface area contributed by atoms with Gasteiger partial charge in [-0.15, -0.1) is 0 Å². The first-order valence-electron chi connectivity index (χ1n) is 4.73. The maximum absolute atomic E-state index is 5.78. The smallest absolute Gasteiger partial charge is 0.188 e. The lowest BCUT2D eigenvalue weighted by Crippen LogP contribution is -2.26. The van der Waals surface area contributed by atoms with E-state index in [0.29, 0.717) is 5.25 Å². The summed E-state index contributed by atoms with van der Waals surface area (Å²) in [5, 5.41) is 1.17. The molecule has 0 fully saturated rings. The highest BCUT2D eigenvalue weighted by molar-refractivity contribution is 7.99. The van der Waals surface area contributed by atoms with Gasteiger partial charge >= 0.3 is 0 Å². The van der Waals surface area contributed by atoms with Crippen molar-refractivity contribution in [3.8, 4) is 0 Å². The standard InChI is InChI=1S/C10H17N3S/c1-6-5-7(2)13-10(12-6)14-9(4)8(3)11/h5,8-9H,11H2,1-4H3. The van der Waals surface area contributed by atoms with Crippen molar-refractivity contribution in [3.05, 3.63) is 17.5 Å². The van der Waals surface area contributed by atoms with E-state index in [0.717, 1.165) is 16.5 Å². The SMILES string of the molecule is Cc1cc(C)nc(SC(C)C(C)N)n1. The predicted octanol–water partition coefficient (Wildman–Crippen LogP) is 1.92. The van der Waals surface area contributed by atoms with Crippen LogP contribution in [0.3, 0.4) is 0 Å². The van der Waals surface area contributed by atoms with Gasteiger partial charge in [0.2, 0.25) is 0 Å². The molecule has 1 aromatic heterocycles. The van der Waals surface area contributed by atoms with Crippen molar-refractivity contribution >= 4 is 11.8 Å². The summed E-state index contributed by atoms with van der Waals surface area (Å²) in [6.07, 6.45) is 0. The van der Waals surface area contributed by atoms with Gasteiger partial charge in [0.25, 0.3) is 0 Å². The Kier molecular flexibility index (Phi) is 3.89. The molecule has 14 heavy (non-hydrogen) atoms. The normalized spacial score (nSPS) is 15.2. The number of hydrogen-bond donors (Lipinski definition) is 1. The molecule has 2 unspecified atom stereocenters. The zero-order chi connectivity index (χ0) is 10.7. The molecule has 0 spiro atoms. The summed E-state index contributed by atoms with van der Waals surface area (Å²) < 4.78 is 0. The van der Waals surface area contributed by atoms with Crippen LogP contribution in [0.2, 0.25) is 0 Å². The lowest BCUT2D eigenvalue weighted by molar-refractivity contribution is 0.726. The molecule has 0 saturated heterocycles. The van der Waals surface area contributed by atoms with Crippen LogP contribution in [0.15, 0.2) is 11.2 Å². The van der Waals surface area contributed by atoms with Crippen LogP contribution in [-0.2, 0) is 0 Å². The summed E-state index contributed by atoms with van der Waals surface area (Å²) >= 11 is 1.63. The third kappa shape index (κ3) is 3.27. The minimum atomic E-state index is 0.157. The van der Waals surface area contributed by atoms with Crippen LogP contribution in [0.1, 0.15) is 25.2 Å². The van der Waals surface area contributed by atoms with Crippen LogP contribution in [0.5, 0.6) is 0 Å². The Morgan fingerprint density at radius 1 is 1.21 bits per heavy atom. The molecule has 78 valence electrons. The van der Waals surface area contributed by atoms with E-state index < -0.39 is 0 Å². The van der Waals surface area contributed by atoms with E-state index in [2.05, 4.69) is 16.9 Å². The monoisotopic (exact) mass is 211 g/mol. The molecule has 1 aromatic rings. The number of aryl methyl sites for hydroxylation is 2. The minimum Gasteiger partial charge on any atom is -0.327 e. The number of hydrogen-bond acceptors (Lipinski definition) is 4. The Labute approximate surface area is 89.5 Å². The molecule has 3 nitrogen and oxygen atoms in total. The van der Waals surface area contributed by atoms with Gasteiger partial charge in [0.15, 0.2) is 5.16 Å². The fourth-order valence-corrected chi connectivity index (χ4v) is 1.96. The van der Waals surface area contributed by atoms with Crippen molar-refractivity contribution in [1.82, 2.24) is 9.97 Å². The van der Waals surface area contributed by atoms with Gasteiger partial charge in [-0.3, -0.25) is 0 Å². The molecule has 0 aliphatic carbocycles. The van der Waals surface area contributed by atoms with E-state index in [1.807, 2.05) is 26.8 Å². The summed E-state index contributed by atoms with van der Waals surface area (Å²) in [6, 6.07) is 2.13. The highest BCUT2D eigenvalue weighted by Crippen LogP contribution is 2.21. The number of nitrogens with zero attached hydrogens (tertiary/aromatic N) is 2. The van der Waals surface area contributed by atoms with Crippen molar-refractivity contribution in [3.63, 3.8) is 0 Å². The summed E-state index contributed by atoms with van der Waals surface area (Å²) in [5.74, 6) is 0. The molecule has 0 saturated carbocycles.